The number of hydrogen-bond acceptors (Lipinski definition) is 4. The highest BCUT2D eigenvalue weighted by Crippen LogP contribution is 2.26. The Morgan fingerprint density at radius 1 is 0.837 bits per heavy atom. The van der Waals surface area contributed by atoms with Crippen molar-refractivity contribution in [3.8, 4) is 0 Å². The number of carbonyl (C=O) groups excluding carboxylic acids is 2. The van der Waals surface area contributed by atoms with Crippen molar-refractivity contribution in [2.75, 3.05) is 17.4 Å². The topological polar surface area (TPSA) is 86.8 Å². The van der Waals surface area contributed by atoms with Crippen LogP contribution in [0.4, 0.5) is 10.1 Å². The first-order chi connectivity index (χ1) is 20.7. The number of nitrogens with zero attached hydrogens (tertiary/aromatic N) is 2. The second-order valence-electron chi connectivity index (χ2n) is 10.3. The van der Waals surface area contributed by atoms with Crippen LogP contribution in [0.1, 0.15) is 30.0 Å². The third-order valence-corrected chi connectivity index (χ3v) is 8.77. The van der Waals surface area contributed by atoms with Gasteiger partial charge in [-0.2, -0.15) is 0 Å². The summed E-state index contributed by atoms with van der Waals surface area (Å²) in [5.74, 6) is -1.35. The fourth-order valence-electron chi connectivity index (χ4n) is 4.74. The van der Waals surface area contributed by atoms with Gasteiger partial charge in [0.1, 0.15) is 18.4 Å². The number of amides is 2. The normalized spacial score (nSPS) is 11.9. The average Bonchev–Trinajstić information content (AvgIpc) is 3.02. The molecule has 0 aliphatic heterocycles. The number of anilines is 1. The summed E-state index contributed by atoms with van der Waals surface area (Å²) in [6.45, 7) is 3.62. The lowest BCUT2D eigenvalue weighted by molar-refractivity contribution is -0.140. The lowest BCUT2D eigenvalue weighted by atomic mass is 10.0. The maximum Gasteiger partial charge on any atom is 0.264 e. The van der Waals surface area contributed by atoms with Gasteiger partial charge in [-0.1, -0.05) is 79.7 Å². The highest BCUT2D eigenvalue weighted by atomic mass is 32.2. The van der Waals surface area contributed by atoms with Crippen LogP contribution in [-0.4, -0.2) is 44.3 Å². The minimum atomic E-state index is -4.16. The molecular weight excluding hydrogens is 565 g/mol. The van der Waals surface area contributed by atoms with Crippen LogP contribution in [-0.2, 0) is 32.6 Å². The number of sulfonamides is 1. The van der Waals surface area contributed by atoms with Crippen LogP contribution >= 0.6 is 0 Å². The molecule has 0 spiro atoms. The minimum absolute atomic E-state index is 0.0246. The zero-order valence-corrected chi connectivity index (χ0v) is 25.1. The average molecular weight is 602 g/mol. The number of benzene rings is 4. The standard InChI is InChI=1S/C34H36FN3O4S/c1-3-21-36-34(40)32(23-27-12-6-4-7-13-27)37(24-28-17-19-29(35)20-18-28)33(39)25-38(30-14-10-11-26(2)22-30)43(41,42)31-15-8-5-9-16-31/h4-20,22,32H,3,21,23-25H2,1-2H3,(H,36,40)/t32-/m1/s1. The highest BCUT2D eigenvalue weighted by molar-refractivity contribution is 7.92. The van der Waals surface area contributed by atoms with E-state index in [2.05, 4.69) is 5.32 Å². The van der Waals surface area contributed by atoms with Gasteiger partial charge in [-0.25, -0.2) is 12.8 Å². The van der Waals surface area contributed by atoms with Crippen molar-refractivity contribution in [2.45, 2.75) is 44.2 Å². The molecule has 7 nitrogen and oxygen atoms in total. The van der Waals surface area contributed by atoms with Crippen molar-refractivity contribution in [1.29, 1.82) is 0 Å². The molecule has 0 heterocycles. The van der Waals surface area contributed by atoms with Gasteiger partial charge in [-0.15, -0.1) is 0 Å². The molecule has 1 atom stereocenters. The Kier molecular flexibility index (Phi) is 10.7. The van der Waals surface area contributed by atoms with E-state index in [-0.39, 0.29) is 23.8 Å². The van der Waals surface area contributed by atoms with E-state index in [0.717, 1.165) is 15.4 Å². The van der Waals surface area contributed by atoms with Crippen molar-refractivity contribution in [2.24, 2.45) is 0 Å². The predicted molar refractivity (Wildman–Crippen MR) is 166 cm³/mol. The Labute approximate surface area is 253 Å². The van der Waals surface area contributed by atoms with E-state index in [0.29, 0.717) is 24.2 Å². The van der Waals surface area contributed by atoms with E-state index in [9.17, 15) is 22.4 Å². The van der Waals surface area contributed by atoms with E-state index in [1.807, 2.05) is 50.2 Å². The summed E-state index contributed by atoms with van der Waals surface area (Å²) >= 11 is 0. The molecule has 2 amide bonds. The molecule has 4 aromatic carbocycles. The fraction of sp³-hybridized carbons (Fsp3) is 0.235. The molecule has 1 N–H and O–H groups in total. The van der Waals surface area contributed by atoms with Crippen LogP contribution in [0.25, 0.3) is 0 Å². The van der Waals surface area contributed by atoms with Crippen LogP contribution in [0.5, 0.6) is 0 Å². The molecule has 9 heteroatoms. The van der Waals surface area contributed by atoms with Gasteiger partial charge in [0.25, 0.3) is 10.0 Å². The molecule has 43 heavy (non-hydrogen) atoms. The predicted octanol–water partition coefficient (Wildman–Crippen LogP) is 5.50. The number of aryl methyl sites for hydroxylation is 1. The number of rotatable bonds is 13. The van der Waals surface area contributed by atoms with Gasteiger partial charge in [0.05, 0.1) is 10.6 Å². The first-order valence-electron chi connectivity index (χ1n) is 14.2. The highest BCUT2D eigenvalue weighted by Gasteiger charge is 2.34. The van der Waals surface area contributed by atoms with E-state index in [4.69, 9.17) is 0 Å². The maximum atomic E-state index is 14.3. The van der Waals surface area contributed by atoms with E-state index < -0.39 is 34.3 Å². The molecule has 0 aliphatic rings. The summed E-state index contributed by atoms with van der Waals surface area (Å²) in [4.78, 5) is 29.4. The minimum Gasteiger partial charge on any atom is -0.354 e. The van der Waals surface area contributed by atoms with Gasteiger partial charge in [0.15, 0.2) is 0 Å². The second kappa shape index (κ2) is 14.6. The van der Waals surface area contributed by atoms with Crippen LogP contribution in [0.3, 0.4) is 0 Å². The summed E-state index contributed by atoms with van der Waals surface area (Å²) in [5, 5.41) is 2.91. The zero-order valence-electron chi connectivity index (χ0n) is 24.3. The van der Waals surface area contributed by atoms with Gasteiger partial charge in [-0.05, 0) is 66.4 Å². The summed E-state index contributed by atoms with van der Waals surface area (Å²) in [7, 11) is -4.16. The summed E-state index contributed by atoms with van der Waals surface area (Å²) in [5.41, 5.74) is 2.59. The summed E-state index contributed by atoms with van der Waals surface area (Å²) < 4.78 is 42.8. The SMILES string of the molecule is CCCNC(=O)[C@@H](Cc1ccccc1)N(Cc1ccc(F)cc1)C(=O)CN(c1cccc(C)c1)S(=O)(=O)c1ccccc1. The van der Waals surface area contributed by atoms with E-state index >= 15 is 0 Å². The molecule has 0 bridgehead atoms. The van der Waals surface area contributed by atoms with Gasteiger partial charge in [0, 0.05) is 19.5 Å². The molecule has 0 saturated heterocycles. The van der Waals surface area contributed by atoms with Crippen molar-refractivity contribution in [3.63, 3.8) is 0 Å². The Bertz CT molecular complexity index is 1610. The van der Waals surface area contributed by atoms with Crippen LogP contribution < -0.4 is 9.62 Å². The van der Waals surface area contributed by atoms with Gasteiger partial charge >= 0.3 is 0 Å². The molecule has 0 saturated carbocycles. The number of halogens is 1. The molecule has 4 aromatic rings. The Morgan fingerprint density at radius 2 is 1.49 bits per heavy atom. The molecular formula is C34H36FN3O4S. The molecule has 0 unspecified atom stereocenters. The van der Waals surface area contributed by atoms with Crippen LogP contribution in [0, 0.1) is 12.7 Å². The monoisotopic (exact) mass is 601 g/mol. The molecule has 0 radical (unpaired) electrons. The first kappa shape index (κ1) is 31.4. The zero-order chi connectivity index (χ0) is 30.8. The molecule has 0 aromatic heterocycles. The maximum absolute atomic E-state index is 14.3. The molecule has 224 valence electrons. The fourth-order valence-corrected chi connectivity index (χ4v) is 6.17. The summed E-state index contributed by atoms with van der Waals surface area (Å²) in [6, 6.07) is 28.9. The van der Waals surface area contributed by atoms with Crippen molar-refractivity contribution in [3.05, 3.63) is 132 Å². The number of carbonyl (C=O) groups is 2. The van der Waals surface area contributed by atoms with Gasteiger partial charge in [0.2, 0.25) is 11.8 Å². The van der Waals surface area contributed by atoms with Gasteiger partial charge < -0.3 is 10.2 Å². The summed E-state index contributed by atoms with van der Waals surface area (Å²) in [6.07, 6.45) is 0.908. The lowest BCUT2D eigenvalue weighted by Gasteiger charge is -2.34. The Hall–Kier alpha value is -4.50. The quantitative estimate of drug-likeness (QED) is 0.219. The van der Waals surface area contributed by atoms with Crippen LogP contribution in [0.2, 0.25) is 0 Å². The Balaban J connectivity index is 1.78. The smallest absolute Gasteiger partial charge is 0.264 e. The largest absolute Gasteiger partial charge is 0.354 e. The second-order valence-corrected chi connectivity index (χ2v) is 12.2. The van der Waals surface area contributed by atoms with E-state index in [1.165, 1.54) is 29.2 Å². The van der Waals surface area contributed by atoms with Crippen molar-refractivity contribution >= 4 is 27.5 Å². The lowest BCUT2D eigenvalue weighted by Crippen LogP contribution is -2.53. The van der Waals surface area contributed by atoms with Gasteiger partial charge in [-0.3, -0.25) is 13.9 Å². The number of hydrogen-bond donors (Lipinski definition) is 1. The van der Waals surface area contributed by atoms with Crippen molar-refractivity contribution in [1.82, 2.24) is 10.2 Å². The third kappa shape index (κ3) is 8.29. The van der Waals surface area contributed by atoms with E-state index in [1.54, 1.807) is 48.5 Å². The van der Waals surface area contributed by atoms with Crippen LogP contribution in [0.15, 0.2) is 114 Å². The molecule has 0 aliphatic carbocycles. The first-order valence-corrected chi connectivity index (χ1v) is 15.6. The number of nitrogens with one attached hydrogen (secondary N) is 1. The molecule has 0 fully saturated rings. The Morgan fingerprint density at radius 3 is 2.12 bits per heavy atom. The third-order valence-electron chi connectivity index (χ3n) is 6.99. The molecule has 4 rings (SSSR count). The van der Waals surface area contributed by atoms with Crippen molar-refractivity contribution < 1.29 is 22.4 Å².